The van der Waals surface area contributed by atoms with E-state index < -0.39 is 0 Å². The molecule has 1 heterocycles. The first-order chi connectivity index (χ1) is 8.16. The first-order valence-corrected chi connectivity index (χ1v) is 5.70. The summed E-state index contributed by atoms with van der Waals surface area (Å²) < 4.78 is 0. The number of benzene rings is 1. The summed E-state index contributed by atoms with van der Waals surface area (Å²) in [6, 6.07) is 4.19. The smallest absolute Gasteiger partial charge is 0.251 e. The fourth-order valence-electron chi connectivity index (χ4n) is 1.91. The number of hydrogen-bond acceptors (Lipinski definition) is 4. The van der Waals surface area contributed by atoms with Gasteiger partial charge in [0.1, 0.15) is 0 Å². The van der Waals surface area contributed by atoms with Crippen LogP contribution in [0, 0.1) is 0 Å². The van der Waals surface area contributed by atoms with E-state index in [-0.39, 0.29) is 23.4 Å². The van der Waals surface area contributed by atoms with Crippen LogP contribution in [0.2, 0.25) is 0 Å². The molecular weight excluding hydrogens is 220 g/mol. The van der Waals surface area contributed by atoms with Gasteiger partial charge in [0.05, 0.1) is 0 Å². The fraction of sp³-hybridized carbons (Fsp3) is 0.417. The molecule has 0 spiro atoms. The predicted octanol–water partition coefficient (Wildman–Crippen LogP) is 0.580. The number of carbonyl (C=O) groups excluding carboxylic acids is 1. The molecular formula is C12H16N2O3. The molecule has 1 aliphatic rings. The number of aromatic hydroxyl groups is 2. The van der Waals surface area contributed by atoms with Crippen LogP contribution in [0.15, 0.2) is 18.2 Å². The average Bonchev–Trinajstić information content (AvgIpc) is 2.34. The van der Waals surface area contributed by atoms with E-state index in [1.54, 1.807) is 0 Å². The zero-order chi connectivity index (χ0) is 12.3. The Morgan fingerprint density at radius 3 is 2.82 bits per heavy atom. The Bertz CT molecular complexity index is 414. The number of phenols is 2. The number of hydrogen-bond donors (Lipinski definition) is 4. The second kappa shape index (κ2) is 5.05. The molecule has 17 heavy (non-hydrogen) atoms. The number of piperidine rings is 1. The standard InChI is InChI=1S/C12H16N2O3/c15-10-4-3-8(6-11(10)16)12(17)14-9-2-1-5-13-7-9/h3-4,6,9,13,15-16H,1-2,5,7H2,(H,14,17)/t9-/m0/s1. The minimum Gasteiger partial charge on any atom is -0.504 e. The van der Waals surface area contributed by atoms with Gasteiger partial charge in [-0.3, -0.25) is 4.79 Å². The van der Waals surface area contributed by atoms with E-state index >= 15 is 0 Å². The van der Waals surface area contributed by atoms with Gasteiger partial charge in [-0.25, -0.2) is 0 Å². The van der Waals surface area contributed by atoms with Crippen molar-refractivity contribution in [3.63, 3.8) is 0 Å². The number of phenolic OH excluding ortho intramolecular Hbond substituents is 2. The van der Waals surface area contributed by atoms with Gasteiger partial charge in [-0.05, 0) is 37.6 Å². The lowest BCUT2D eigenvalue weighted by Crippen LogP contribution is -2.45. The molecule has 1 amide bonds. The van der Waals surface area contributed by atoms with Crippen molar-refractivity contribution in [3.8, 4) is 11.5 Å². The molecule has 0 aliphatic carbocycles. The van der Waals surface area contributed by atoms with Crippen molar-refractivity contribution in [2.24, 2.45) is 0 Å². The van der Waals surface area contributed by atoms with Crippen molar-refractivity contribution < 1.29 is 15.0 Å². The molecule has 5 heteroatoms. The molecule has 4 N–H and O–H groups in total. The van der Waals surface area contributed by atoms with Crippen molar-refractivity contribution in [1.82, 2.24) is 10.6 Å². The molecule has 1 aromatic carbocycles. The summed E-state index contributed by atoms with van der Waals surface area (Å²) in [6.07, 6.45) is 2.01. The third kappa shape index (κ3) is 2.88. The van der Waals surface area contributed by atoms with Crippen LogP contribution in [0.4, 0.5) is 0 Å². The van der Waals surface area contributed by atoms with Gasteiger partial charge in [0.2, 0.25) is 0 Å². The first-order valence-electron chi connectivity index (χ1n) is 5.70. The maximum atomic E-state index is 11.8. The zero-order valence-corrected chi connectivity index (χ0v) is 9.44. The number of amides is 1. The van der Waals surface area contributed by atoms with Crippen LogP contribution in [-0.4, -0.2) is 35.3 Å². The summed E-state index contributed by atoms with van der Waals surface area (Å²) in [4.78, 5) is 11.8. The summed E-state index contributed by atoms with van der Waals surface area (Å²) in [5.41, 5.74) is 0.353. The molecule has 1 atom stereocenters. The molecule has 0 radical (unpaired) electrons. The maximum Gasteiger partial charge on any atom is 0.251 e. The summed E-state index contributed by atoms with van der Waals surface area (Å²) in [5, 5.41) is 24.6. The minimum absolute atomic E-state index is 0.132. The second-order valence-corrected chi connectivity index (χ2v) is 4.22. The topological polar surface area (TPSA) is 81.6 Å². The van der Waals surface area contributed by atoms with Crippen LogP contribution < -0.4 is 10.6 Å². The molecule has 1 aliphatic heterocycles. The summed E-state index contributed by atoms with van der Waals surface area (Å²) >= 11 is 0. The van der Waals surface area contributed by atoms with Gasteiger partial charge in [-0.1, -0.05) is 0 Å². The monoisotopic (exact) mass is 236 g/mol. The van der Waals surface area contributed by atoms with Gasteiger partial charge < -0.3 is 20.8 Å². The van der Waals surface area contributed by atoms with Gasteiger partial charge in [0.25, 0.3) is 5.91 Å². The normalized spacial score (nSPS) is 19.9. The largest absolute Gasteiger partial charge is 0.504 e. The number of rotatable bonds is 2. The first kappa shape index (κ1) is 11.7. The van der Waals surface area contributed by atoms with Crippen molar-refractivity contribution in [1.29, 1.82) is 0 Å². The highest BCUT2D eigenvalue weighted by Crippen LogP contribution is 2.24. The Labute approximate surface area is 99.5 Å². The highest BCUT2D eigenvalue weighted by atomic mass is 16.3. The van der Waals surface area contributed by atoms with E-state index in [2.05, 4.69) is 10.6 Å². The molecule has 0 unspecified atom stereocenters. The van der Waals surface area contributed by atoms with Crippen molar-refractivity contribution in [3.05, 3.63) is 23.8 Å². The lowest BCUT2D eigenvalue weighted by molar-refractivity contribution is 0.0930. The minimum atomic E-state index is -0.278. The van der Waals surface area contributed by atoms with Crippen molar-refractivity contribution in [2.75, 3.05) is 13.1 Å². The van der Waals surface area contributed by atoms with Crippen LogP contribution in [0.1, 0.15) is 23.2 Å². The third-order valence-corrected chi connectivity index (χ3v) is 2.87. The molecule has 0 saturated carbocycles. The molecule has 0 aromatic heterocycles. The fourth-order valence-corrected chi connectivity index (χ4v) is 1.91. The highest BCUT2D eigenvalue weighted by Gasteiger charge is 2.16. The van der Waals surface area contributed by atoms with Crippen LogP contribution in [0.3, 0.4) is 0 Å². The predicted molar refractivity (Wildman–Crippen MR) is 63.1 cm³/mol. The Morgan fingerprint density at radius 1 is 1.35 bits per heavy atom. The third-order valence-electron chi connectivity index (χ3n) is 2.87. The molecule has 2 rings (SSSR count). The lowest BCUT2D eigenvalue weighted by atomic mass is 10.1. The van der Waals surface area contributed by atoms with E-state index in [4.69, 9.17) is 5.11 Å². The quantitative estimate of drug-likeness (QED) is 0.566. The average molecular weight is 236 g/mol. The molecule has 92 valence electrons. The summed E-state index contributed by atoms with van der Waals surface area (Å²) in [6.45, 7) is 1.77. The second-order valence-electron chi connectivity index (χ2n) is 4.22. The van der Waals surface area contributed by atoms with Crippen LogP contribution in [0.5, 0.6) is 11.5 Å². The maximum absolute atomic E-state index is 11.8. The van der Waals surface area contributed by atoms with Crippen LogP contribution >= 0.6 is 0 Å². The van der Waals surface area contributed by atoms with Gasteiger partial charge in [0, 0.05) is 18.2 Å². The van der Waals surface area contributed by atoms with E-state index in [0.717, 1.165) is 25.9 Å². The lowest BCUT2D eigenvalue weighted by Gasteiger charge is -2.23. The highest BCUT2D eigenvalue weighted by molar-refractivity contribution is 5.95. The van der Waals surface area contributed by atoms with Gasteiger partial charge in [0.15, 0.2) is 11.5 Å². The Hall–Kier alpha value is -1.75. The molecule has 5 nitrogen and oxygen atoms in total. The van der Waals surface area contributed by atoms with E-state index in [9.17, 15) is 9.90 Å². The van der Waals surface area contributed by atoms with Crippen molar-refractivity contribution >= 4 is 5.91 Å². The van der Waals surface area contributed by atoms with Crippen LogP contribution in [0.25, 0.3) is 0 Å². The van der Waals surface area contributed by atoms with E-state index in [1.165, 1.54) is 18.2 Å². The Kier molecular flexibility index (Phi) is 3.49. The van der Waals surface area contributed by atoms with E-state index in [0.29, 0.717) is 5.56 Å². The Morgan fingerprint density at radius 2 is 2.18 bits per heavy atom. The van der Waals surface area contributed by atoms with Gasteiger partial charge in [-0.2, -0.15) is 0 Å². The summed E-state index contributed by atoms with van der Waals surface area (Å²) in [7, 11) is 0. The van der Waals surface area contributed by atoms with E-state index in [1.807, 2.05) is 0 Å². The number of nitrogens with one attached hydrogen (secondary N) is 2. The van der Waals surface area contributed by atoms with Gasteiger partial charge in [-0.15, -0.1) is 0 Å². The molecule has 1 aromatic rings. The number of carbonyl (C=O) groups is 1. The van der Waals surface area contributed by atoms with Crippen LogP contribution in [-0.2, 0) is 0 Å². The zero-order valence-electron chi connectivity index (χ0n) is 9.44. The molecule has 0 bridgehead atoms. The summed E-state index contributed by atoms with van der Waals surface area (Å²) in [5.74, 6) is -0.727. The van der Waals surface area contributed by atoms with Crippen molar-refractivity contribution in [2.45, 2.75) is 18.9 Å². The molecule has 1 fully saturated rings. The van der Waals surface area contributed by atoms with Gasteiger partial charge >= 0.3 is 0 Å². The Balaban J connectivity index is 2.01. The molecule has 1 saturated heterocycles. The SMILES string of the molecule is O=C(N[C@H]1CCCNC1)c1ccc(O)c(O)c1.